The number of carboxylic acid groups (broad SMARTS) is 2. The van der Waals surface area contributed by atoms with Crippen molar-refractivity contribution in [2.45, 2.75) is 25.7 Å². The maximum Gasteiger partial charge on any atom is 0.487 e. The monoisotopic (exact) mass is 217 g/mol. The Bertz CT molecular complexity index is 176. The standard InChI is InChI=1S/C8H14BO6/c10-7(11)3-1-5-14-9-15-6-2-4-8(12)13/h1-6H2,(H,10,11)(H,12,13). The number of hydrogen-bond acceptors (Lipinski definition) is 4. The van der Waals surface area contributed by atoms with Gasteiger partial charge in [0.1, 0.15) is 0 Å². The fourth-order valence-electron chi connectivity index (χ4n) is 0.758. The predicted molar refractivity (Wildman–Crippen MR) is 51.4 cm³/mol. The van der Waals surface area contributed by atoms with E-state index < -0.39 is 11.9 Å². The Hall–Kier alpha value is -1.08. The molecule has 0 rings (SSSR count). The zero-order chi connectivity index (χ0) is 11.5. The smallest absolute Gasteiger partial charge is 0.481 e. The lowest BCUT2D eigenvalue weighted by Crippen LogP contribution is -2.09. The van der Waals surface area contributed by atoms with E-state index in [0.717, 1.165) is 7.69 Å². The van der Waals surface area contributed by atoms with Crippen LogP contribution in [0.1, 0.15) is 25.7 Å². The van der Waals surface area contributed by atoms with Crippen LogP contribution in [0.2, 0.25) is 0 Å². The summed E-state index contributed by atoms with van der Waals surface area (Å²) < 4.78 is 9.67. The molecule has 0 saturated heterocycles. The molecule has 0 unspecified atom stereocenters. The van der Waals surface area contributed by atoms with Gasteiger partial charge in [0.25, 0.3) is 0 Å². The summed E-state index contributed by atoms with van der Waals surface area (Å²) in [5, 5.41) is 16.6. The van der Waals surface area contributed by atoms with Gasteiger partial charge in [0.05, 0.1) is 0 Å². The maximum atomic E-state index is 10.1. The van der Waals surface area contributed by atoms with Crippen LogP contribution in [-0.4, -0.2) is 43.1 Å². The third kappa shape index (κ3) is 12.9. The summed E-state index contributed by atoms with van der Waals surface area (Å²) in [7, 11) is 1.11. The Morgan fingerprint density at radius 2 is 1.33 bits per heavy atom. The molecule has 85 valence electrons. The lowest BCUT2D eigenvalue weighted by Gasteiger charge is -2.01. The molecule has 0 aliphatic heterocycles. The minimum atomic E-state index is -0.860. The number of rotatable bonds is 10. The molecular formula is C8H14BO6. The first-order valence-corrected chi connectivity index (χ1v) is 4.61. The molecule has 0 amide bonds. The first-order chi connectivity index (χ1) is 7.13. The van der Waals surface area contributed by atoms with E-state index in [4.69, 9.17) is 19.5 Å². The molecule has 6 nitrogen and oxygen atoms in total. The van der Waals surface area contributed by atoms with Gasteiger partial charge in [-0.15, -0.1) is 0 Å². The molecule has 0 atom stereocenters. The molecule has 0 aromatic carbocycles. The first-order valence-electron chi connectivity index (χ1n) is 4.61. The summed E-state index contributed by atoms with van der Waals surface area (Å²) in [6.07, 6.45) is 0.967. The van der Waals surface area contributed by atoms with Gasteiger partial charge in [-0.2, -0.15) is 0 Å². The van der Waals surface area contributed by atoms with Crippen LogP contribution in [-0.2, 0) is 18.9 Å². The molecule has 7 heteroatoms. The van der Waals surface area contributed by atoms with Crippen molar-refractivity contribution in [3.8, 4) is 0 Å². The molecule has 0 heterocycles. The van der Waals surface area contributed by atoms with Crippen molar-refractivity contribution in [3.63, 3.8) is 0 Å². The van der Waals surface area contributed by atoms with E-state index in [9.17, 15) is 9.59 Å². The van der Waals surface area contributed by atoms with Gasteiger partial charge in [0.15, 0.2) is 0 Å². The molecule has 2 N–H and O–H groups in total. The number of carbonyl (C=O) groups is 2. The molecule has 1 radical (unpaired) electrons. The van der Waals surface area contributed by atoms with Crippen molar-refractivity contribution < 1.29 is 29.1 Å². The largest absolute Gasteiger partial charge is 0.487 e. The molecule has 0 aliphatic carbocycles. The summed E-state index contributed by atoms with van der Waals surface area (Å²) in [5.74, 6) is -1.72. The van der Waals surface area contributed by atoms with E-state index in [-0.39, 0.29) is 26.1 Å². The van der Waals surface area contributed by atoms with Crippen molar-refractivity contribution in [1.82, 2.24) is 0 Å². The Morgan fingerprint density at radius 1 is 0.933 bits per heavy atom. The normalized spacial score (nSPS) is 9.87. The lowest BCUT2D eigenvalue weighted by atomic mass is 10.3. The predicted octanol–water partition coefficient (Wildman–Crippen LogP) is 0.283. The third-order valence-corrected chi connectivity index (χ3v) is 1.44. The SMILES string of the molecule is O=C(O)CCCO[B]OCCCC(=O)O. The minimum absolute atomic E-state index is 0.0624. The van der Waals surface area contributed by atoms with Gasteiger partial charge in [0.2, 0.25) is 0 Å². The van der Waals surface area contributed by atoms with Crippen molar-refractivity contribution in [1.29, 1.82) is 0 Å². The Balaban J connectivity index is 2.99. The molecule has 15 heavy (non-hydrogen) atoms. The summed E-state index contributed by atoms with van der Waals surface area (Å²) in [5.41, 5.74) is 0. The highest BCUT2D eigenvalue weighted by molar-refractivity contribution is 6.17. The zero-order valence-corrected chi connectivity index (χ0v) is 8.35. The molecular weight excluding hydrogens is 203 g/mol. The number of hydrogen-bond donors (Lipinski definition) is 2. The highest BCUT2D eigenvalue weighted by atomic mass is 16.6. The molecule has 0 aromatic rings. The van der Waals surface area contributed by atoms with Gasteiger partial charge in [-0.05, 0) is 12.8 Å². The second-order valence-electron chi connectivity index (χ2n) is 2.83. The summed E-state index contributed by atoms with van der Waals surface area (Å²) >= 11 is 0. The Morgan fingerprint density at radius 3 is 1.67 bits per heavy atom. The van der Waals surface area contributed by atoms with E-state index in [0.29, 0.717) is 12.8 Å². The van der Waals surface area contributed by atoms with Crippen molar-refractivity contribution >= 4 is 19.6 Å². The fourth-order valence-corrected chi connectivity index (χ4v) is 0.758. The van der Waals surface area contributed by atoms with Gasteiger partial charge in [0, 0.05) is 26.1 Å². The second kappa shape index (κ2) is 9.48. The van der Waals surface area contributed by atoms with Gasteiger partial charge >= 0.3 is 19.6 Å². The molecule has 0 bridgehead atoms. The Labute approximate surface area is 88.5 Å². The zero-order valence-electron chi connectivity index (χ0n) is 8.35. The molecule has 0 aromatic heterocycles. The third-order valence-electron chi connectivity index (χ3n) is 1.44. The highest BCUT2D eigenvalue weighted by Gasteiger charge is 1.99. The summed E-state index contributed by atoms with van der Waals surface area (Å²) in [6, 6.07) is 0. The molecule has 0 aliphatic rings. The van der Waals surface area contributed by atoms with Crippen LogP contribution in [0.5, 0.6) is 0 Å². The molecule has 0 spiro atoms. The average Bonchev–Trinajstić information content (AvgIpc) is 2.14. The van der Waals surface area contributed by atoms with Crippen LogP contribution in [0.3, 0.4) is 0 Å². The number of aliphatic carboxylic acids is 2. The van der Waals surface area contributed by atoms with Crippen molar-refractivity contribution in [2.75, 3.05) is 13.2 Å². The van der Waals surface area contributed by atoms with Gasteiger partial charge in [-0.1, -0.05) is 0 Å². The molecule has 0 fully saturated rings. The van der Waals surface area contributed by atoms with E-state index in [1.807, 2.05) is 0 Å². The summed E-state index contributed by atoms with van der Waals surface area (Å²) in [6.45, 7) is 0.566. The van der Waals surface area contributed by atoms with Crippen LogP contribution in [0.4, 0.5) is 0 Å². The van der Waals surface area contributed by atoms with Crippen LogP contribution in [0, 0.1) is 0 Å². The Kier molecular flexibility index (Phi) is 8.80. The lowest BCUT2D eigenvalue weighted by molar-refractivity contribution is -0.138. The van der Waals surface area contributed by atoms with Gasteiger partial charge < -0.3 is 19.5 Å². The summed E-state index contributed by atoms with van der Waals surface area (Å²) in [4.78, 5) is 20.2. The maximum absolute atomic E-state index is 10.1. The van der Waals surface area contributed by atoms with Crippen molar-refractivity contribution in [3.05, 3.63) is 0 Å². The van der Waals surface area contributed by atoms with E-state index >= 15 is 0 Å². The van der Waals surface area contributed by atoms with Crippen LogP contribution in [0.25, 0.3) is 0 Å². The van der Waals surface area contributed by atoms with Gasteiger partial charge in [-0.3, -0.25) is 9.59 Å². The molecule has 0 saturated carbocycles. The topological polar surface area (TPSA) is 93.1 Å². The number of carboxylic acids is 2. The fraction of sp³-hybridized carbons (Fsp3) is 0.750. The van der Waals surface area contributed by atoms with E-state index in [1.165, 1.54) is 0 Å². The minimum Gasteiger partial charge on any atom is -0.481 e. The van der Waals surface area contributed by atoms with Gasteiger partial charge in [-0.25, -0.2) is 0 Å². The highest BCUT2D eigenvalue weighted by Crippen LogP contribution is 1.91. The second-order valence-corrected chi connectivity index (χ2v) is 2.83. The quantitative estimate of drug-likeness (QED) is 0.403. The average molecular weight is 217 g/mol. The van der Waals surface area contributed by atoms with Crippen LogP contribution >= 0.6 is 0 Å². The van der Waals surface area contributed by atoms with E-state index in [2.05, 4.69) is 0 Å². The van der Waals surface area contributed by atoms with Crippen molar-refractivity contribution in [2.24, 2.45) is 0 Å². The van der Waals surface area contributed by atoms with Crippen LogP contribution < -0.4 is 0 Å². The van der Waals surface area contributed by atoms with E-state index in [1.54, 1.807) is 0 Å². The van der Waals surface area contributed by atoms with Crippen LogP contribution in [0.15, 0.2) is 0 Å². The first kappa shape index (κ1) is 13.9.